The average Bonchev–Trinajstić information content (AvgIpc) is 4.19. The van der Waals surface area contributed by atoms with Crippen LogP contribution in [0, 0.1) is 0 Å². The number of fused-ring (bicyclic) bond motifs is 13. The van der Waals surface area contributed by atoms with Gasteiger partial charge in [-0.05, 0) is 58.3 Å². The molecule has 0 radical (unpaired) electrons. The van der Waals surface area contributed by atoms with Crippen LogP contribution in [0.2, 0.25) is 0 Å². The highest BCUT2D eigenvalue weighted by atomic mass is 16.3. The molecule has 3 heterocycles. The second-order valence-electron chi connectivity index (χ2n) is 18.7. The molecule has 15 aromatic rings. The van der Waals surface area contributed by atoms with Gasteiger partial charge in [0.05, 0.1) is 22.7 Å². The fourth-order valence-corrected chi connectivity index (χ4v) is 11.5. The molecule has 12 aromatic carbocycles. The maximum atomic E-state index is 7.29. The van der Waals surface area contributed by atoms with Gasteiger partial charge in [0.2, 0.25) is 0 Å². The Kier molecular flexibility index (Phi) is 9.19. The minimum atomic E-state index is 0.786. The fourth-order valence-electron chi connectivity index (χ4n) is 11.5. The first kappa shape index (κ1) is 41.0. The summed E-state index contributed by atoms with van der Waals surface area (Å²) >= 11 is 0. The predicted molar refractivity (Wildman–Crippen MR) is 304 cm³/mol. The minimum absolute atomic E-state index is 0.786. The number of benzene rings is 12. The van der Waals surface area contributed by atoms with Gasteiger partial charge in [-0.2, -0.15) is 0 Å². The van der Waals surface area contributed by atoms with E-state index in [9.17, 15) is 0 Å². The Balaban J connectivity index is 0.980. The number of para-hydroxylation sites is 6. The van der Waals surface area contributed by atoms with Crippen LogP contribution < -0.4 is 9.80 Å². The average molecular weight is 935 g/mol. The molecule has 0 amide bonds. The summed E-state index contributed by atoms with van der Waals surface area (Å²) in [5.41, 5.74) is 15.1. The Morgan fingerprint density at radius 1 is 0.233 bits per heavy atom. The zero-order valence-electron chi connectivity index (χ0n) is 39.4. The Bertz CT molecular complexity index is 4320. The Morgan fingerprint density at radius 2 is 0.562 bits per heavy atom. The van der Waals surface area contributed by atoms with Crippen LogP contribution >= 0.6 is 0 Å². The predicted octanol–water partition coefficient (Wildman–Crippen LogP) is 20.0. The zero-order valence-corrected chi connectivity index (χ0v) is 39.4. The Labute approximate surface area is 419 Å². The number of furan rings is 3. The third-order valence-electron chi connectivity index (χ3n) is 14.6. The molecule has 5 heteroatoms. The van der Waals surface area contributed by atoms with Crippen LogP contribution in [0.15, 0.2) is 268 Å². The van der Waals surface area contributed by atoms with Crippen molar-refractivity contribution >= 4 is 121 Å². The van der Waals surface area contributed by atoms with E-state index in [2.05, 4.69) is 252 Å². The number of nitrogens with zero attached hydrogens (tertiary/aromatic N) is 2. The van der Waals surface area contributed by atoms with E-state index in [4.69, 9.17) is 13.3 Å². The van der Waals surface area contributed by atoms with Crippen LogP contribution in [0.4, 0.5) is 34.1 Å². The van der Waals surface area contributed by atoms with Gasteiger partial charge in [0.25, 0.3) is 0 Å². The van der Waals surface area contributed by atoms with Crippen LogP contribution in [0.1, 0.15) is 0 Å². The van der Waals surface area contributed by atoms with Gasteiger partial charge in [0.1, 0.15) is 22.3 Å². The molecule has 0 fully saturated rings. The van der Waals surface area contributed by atoms with Gasteiger partial charge in [-0.15, -0.1) is 0 Å². The highest BCUT2D eigenvalue weighted by Crippen LogP contribution is 2.52. The van der Waals surface area contributed by atoms with E-state index in [1.165, 1.54) is 0 Å². The molecule has 342 valence electrons. The van der Waals surface area contributed by atoms with Crippen molar-refractivity contribution in [1.82, 2.24) is 0 Å². The molecule has 0 saturated heterocycles. The van der Waals surface area contributed by atoms with Gasteiger partial charge < -0.3 is 23.1 Å². The van der Waals surface area contributed by atoms with Crippen molar-refractivity contribution < 1.29 is 13.3 Å². The van der Waals surface area contributed by atoms with Gasteiger partial charge in [-0.25, -0.2) is 0 Å². The molecule has 0 unspecified atom stereocenters. The third kappa shape index (κ3) is 6.35. The van der Waals surface area contributed by atoms with Crippen molar-refractivity contribution in [3.05, 3.63) is 255 Å². The lowest BCUT2D eigenvalue weighted by molar-refractivity contribution is 0.668. The van der Waals surface area contributed by atoms with Crippen molar-refractivity contribution in [2.75, 3.05) is 9.80 Å². The summed E-state index contributed by atoms with van der Waals surface area (Å²) in [6.45, 7) is 0. The quantitative estimate of drug-likeness (QED) is 0.152. The number of anilines is 6. The molecule has 0 aliphatic heterocycles. The second-order valence-corrected chi connectivity index (χ2v) is 18.7. The molecule has 0 spiro atoms. The lowest BCUT2D eigenvalue weighted by Gasteiger charge is -2.27. The second kappa shape index (κ2) is 16.4. The molecule has 5 nitrogen and oxygen atoms in total. The van der Waals surface area contributed by atoms with Gasteiger partial charge >= 0.3 is 0 Å². The maximum absolute atomic E-state index is 7.29. The lowest BCUT2D eigenvalue weighted by atomic mass is 9.96. The van der Waals surface area contributed by atoms with E-state index >= 15 is 0 Å². The fraction of sp³-hybridized carbons (Fsp3) is 0. The first-order chi connectivity index (χ1) is 36.2. The smallest absolute Gasteiger partial charge is 0.159 e. The van der Waals surface area contributed by atoms with Gasteiger partial charge in [-0.3, -0.25) is 0 Å². The van der Waals surface area contributed by atoms with Crippen LogP contribution in [0.3, 0.4) is 0 Å². The summed E-state index contributed by atoms with van der Waals surface area (Å²) in [6, 6.07) is 89.8. The molecule has 15 rings (SSSR count). The Hall–Kier alpha value is -9.84. The summed E-state index contributed by atoms with van der Waals surface area (Å²) in [7, 11) is 0. The summed E-state index contributed by atoms with van der Waals surface area (Å²) in [5, 5.41) is 10.8. The molecule has 73 heavy (non-hydrogen) atoms. The largest absolute Gasteiger partial charge is 0.456 e. The molecule has 0 bridgehead atoms. The first-order valence-electron chi connectivity index (χ1n) is 24.7. The molecule has 0 aliphatic carbocycles. The highest BCUT2D eigenvalue weighted by molar-refractivity contribution is 6.30. The maximum Gasteiger partial charge on any atom is 0.159 e. The molecule has 0 atom stereocenters. The van der Waals surface area contributed by atoms with Gasteiger partial charge in [0, 0.05) is 77.7 Å². The van der Waals surface area contributed by atoms with Gasteiger partial charge in [0.15, 0.2) is 11.2 Å². The van der Waals surface area contributed by atoms with E-state index in [0.717, 1.165) is 144 Å². The minimum Gasteiger partial charge on any atom is -0.456 e. The number of hydrogen-bond acceptors (Lipinski definition) is 5. The third-order valence-corrected chi connectivity index (χ3v) is 14.6. The van der Waals surface area contributed by atoms with Crippen LogP contribution in [-0.2, 0) is 0 Å². The molecule has 0 N–H and O–H groups in total. The topological polar surface area (TPSA) is 45.9 Å². The molecule has 3 aromatic heterocycles. The standard InChI is InChI=1S/C68H42N2O3/c1-5-21-43(22-6-1)47-33-17-35-53-55-37-19-39-57(67(55)72-65(47)53)69(45-25-9-3-10-26-45)59-41-61-63(51-31-15-13-29-49(51)59)64-52-32-16-14-30-50(52)60(42-62(64)71-61)70(46-27-11-4-12-28-46)58-40-20-38-56-54-36-18-34-48(66(54)73-68(56)58)44-23-7-2-8-24-44/h1-42H. The summed E-state index contributed by atoms with van der Waals surface area (Å²) < 4.78 is 21.5. The molecule has 0 saturated carbocycles. The van der Waals surface area contributed by atoms with Crippen molar-refractivity contribution in [2.24, 2.45) is 0 Å². The van der Waals surface area contributed by atoms with E-state index in [1.54, 1.807) is 0 Å². The molecular weight excluding hydrogens is 893 g/mol. The Morgan fingerprint density at radius 3 is 0.973 bits per heavy atom. The van der Waals surface area contributed by atoms with E-state index in [-0.39, 0.29) is 0 Å². The summed E-state index contributed by atoms with van der Waals surface area (Å²) in [6.07, 6.45) is 0. The molecule has 0 aliphatic rings. The number of hydrogen-bond donors (Lipinski definition) is 0. The van der Waals surface area contributed by atoms with Crippen molar-refractivity contribution in [3.8, 4) is 22.3 Å². The highest BCUT2D eigenvalue weighted by Gasteiger charge is 2.28. The van der Waals surface area contributed by atoms with E-state index < -0.39 is 0 Å². The normalized spacial score (nSPS) is 11.8. The first-order valence-corrected chi connectivity index (χ1v) is 24.7. The van der Waals surface area contributed by atoms with E-state index in [1.807, 2.05) is 12.1 Å². The number of rotatable bonds is 8. The lowest BCUT2D eigenvalue weighted by Crippen LogP contribution is -2.11. The van der Waals surface area contributed by atoms with E-state index in [0.29, 0.717) is 0 Å². The van der Waals surface area contributed by atoms with Crippen molar-refractivity contribution in [2.45, 2.75) is 0 Å². The van der Waals surface area contributed by atoms with Gasteiger partial charge in [-0.1, -0.05) is 206 Å². The summed E-state index contributed by atoms with van der Waals surface area (Å²) in [5.74, 6) is 0. The monoisotopic (exact) mass is 934 g/mol. The van der Waals surface area contributed by atoms with Crippen LogP contribution in [0.25, 0.3) is 110 Å². The van der Waals surface area contributed by atoms with Crippen molar-refractivity contribution in [3.63, 3.8) is 0 Å². The molecular formula is C68H42N2O3. The van der Waals surface area contributed by atoms with Crippen LogP contribution in [-0.4, -0.2) is 0 Å². The van der Waals surface area contributed by atoms with Crippen LogP contribution in [0.5, 0.6) is 0 Å². The van der Waals surface area contributed by atoms with Crippen molar-refractivity contribution in [1.29, 1.82) is 0 Å². The zero-order chi connectivity index (χ0) is 48.0. The SMILES string of the molecule is c1ccc(-c2cccc3c2oc2c(N(c4ccccc4)c4cc5oc6cc(N(c7ccccc7)c7cccc8c7oc7c(-c9ccccc9)cccc78)c7ccccc7c6c5c5ccccc45)cccc23)cc1. The summed E-state index contributed by atoms with van der Waals surface area (Å²) in [4.78, 5) is 4.67.